The molecule has 8 nitrogen and oxygen atoms in total. The number of hydrogen-bond donors (Lipinski definition) is 3. The summed E-state index contributed by atoms with van der Waals surface area (Å²) in [4.78, 5) is 38.3. The zero-order chi connectivity index (χ0) is 20.7. The molecule has 2 amide bonds. The number of rotatable bonds is 8. The van der Waals surface area contributed by atoms with Crippen LogP contribution in [0.1, 0.15) is 58.4 Å². The van der Waals surface area contributed by atoms with Gasteiger partial charge in [0.25, 0.3) is 11.8 Å². The lowest BCUT2D eigenvalue weighted by Gasteiger charge is -2.13. The van der Waals surface area contributed by atoms with Crippen molar-refractivity contribution in [1.82, 2.24) is 15.8 Å². The van der Waals surface area contributed by atoms with Crippen LogP contribution in [0.4, 0.5) is 0 Å². The molecule has 3 N–H and O–H groups in total. The molecule has 8 heteroatoms. The van der Waals surface area contributed by atoms with Crippen molar-refractivity contribution in [2.24, 2.45) is 5.92 Å². The van der Waals surface area contributed by atoms with Crippen molar-refractivity contribution in [3.05, 3.63) is 47.3 Å². The van der Waals surface area contributed by atoms with E-state index in [0.29, 0.717) is 35.2 Å². The molecular formula is C20H25N3O5. The molecule has 2 aromatic rings. The normalized spacial score (nSPS) is 10.5. The lowest BCUT2D eigenvalue weighted by Crippen LogP contribution is -2.41. The standard InChI is InChI=1S/C20H25N3O5/c1-12(2)7-8-28-17-6-5-14(10-18(17)27-4)19(25)22-23-20(26)16-9-15(11-21-16)13(3)24/h5-6,9-12,21H,7-8H2,1-4H3,(H,22,25)(H,23,26). The van der Waals surface area contributed by atoms with Crippen LogP contribution in [0.2, 0.25) is 0 Å². The molecule has 0 aliphatic rings. The molecule has 0 saturated carbocycles. The van der Waals surface area contributed by atoms with Crippen molar-refractivity contribution in [2.45, 2.75) is 27.2 Å². The minimum Gasteiger partial charge on any atom is -0.493 e. The first-order valence-electron chi connectivity index (χ1n) is 8.92. The summed E-state index contributed by atoms with van der Waals surface area (Å²) >= 11 is 0. The van der Waals surface area contributed by atoms with Gasteiger partial charge in [-0.25, -0.2) is 0 Å². The summed E-state index contributed by atoms with van der Waals surface area (Å²) in [5.41, 5.74) is 5.46. The molecule has 2 rings (SSSR count). The second-order valence-electron chi connectivity index (χ2n) is 6.66. The lowest BCUT2D eigenvalue weighted by molar-refractivity contribution is 0.0844. The maximum absolute atomic E-state index is 12.3. The molecule has 1 aromatic carbocycles. The van der Waals surface area contributed by atoms with Crippen molar-refractivity contribution in [3.63, 3.8) is 0 Å². The Hall–Kier alpha value is -3.29. The van der Waals surface area contributed by atoms with Crippen LogP contribution in [-0.2, 0) is 0 Å². The Balaban J connectivity index is 1.97. The van der Waals surface area contributed by atoms with Crippen molar-refractivity contribution < 1.29 is 23.9 Å². The molecule has 0 saturated heterocycles. The summed E-state index contributed by atoms with van der Waals surface area (Å²) in [6, 6.07) is 6.18. The van der Waals surface area contributed by atoms with E-state index in [1.54, 1.807) is 12.1 Å². The van der Waals surface area contributed by atoms with E-state index < -0.39 is 11.8 Å². The maximum Gasteiger partial charge on any atom is 0.286 e. The number of hydrazine groups is 1. The number of methoxy groups -OCH3 is 1. The number of hydrogen-bond acceptors (Lipinski definition) is 5. The summed E-state index contributed by atoms with van der Waals surface area (Å²) in [7, 11) is 1.49. The van der Waals surface area contributed by atoms with E-state index in [1.165, 1.54) is 32.4 Å². The molecule has 1 aromatic heterocycles. The van der Waals surface area contributed by atoms with Gasteiger partial charge in [0.1, 0.15) is 5.69 Å². The number of amides is 2. The fourth-order valence-corrected chi connectivity index (χ4v) is 2.31. The monoisotopic (exact) mass is 387 g/mol. The van der Waals surface area contributed by atoms with Crippen molar-refractivity contribution >= 4 is 17.6 Å². The number of benzene rings is 1. The van der Waals surface area contributed by atoms with E-state index in [1.807, 2.05) is 0 Å². The highest BCUT2D eigenvalue weighted by molar-refractivity contribution is 6.01. The van der Waals surface area contributed by atoms with Gasteiger partial charge in [-0.05, 0) is 43.5 Å². The average molecular weight is 387 g/mol. The summed E-state index contributed by atoms with van der Waals surface area (Å²) in [5.74, 6) is 0.248. The number of aromatic amines is 1. The van der Waals surface area contributed by atoms with E-state index in [4.69, 9.17) is 9.47 Å². The highest BCUT2D eigenvalue weighted by atomic mass is 16.5. The minimum atomic E-state index is -0.568. The van der Waals surface area contributed by atoms with Crippen LogP contribution < -0.4 is 20.3 Å². The predicted octanol–water partition coefficient (Wildman–Crippen LogP) is 2.73. The molecule has 1 heterocycles. The van der Waals surface area contributed by atoms with Gasteiger partial charge in [0.15, 0.2) is 17.3 Å². The molecule has 0 bridgehead atoms. The van der Waals surface area contributed by atoms with Gasteiger partial charge >= 0.3 is 0 Å². The molecule has 150 valence electrons. The van der Waals surface area contributed by atoms with E-state index >= 15 is 0 Å². The number of carbonyl (C=O) groups is 3. The van der Waals surface area contributed by atoms with Crippen LogP contribution in [0.5, 0.6) is 11.5 Å². The van der Waals surface area contributed by atoms with Gasteiger partial charge in [0, 0.05) is 17.3 Å². The van der Waals surface area contributed by atoms with Crippen molar-refractivity contribution in [2.75, 3.05) is 13.7 Å². The second kappa shape index (κ2) is 9.59. The zero-order valence-electron chi connectivity index (χ0n) is 16.4. The van der Waals surface area contributed by atoms with Gasteiger partial charge < -0.3 is 14.5 Å². The van der Waals surface area contributed by atoms with E-state index in [-0.39, 0.29) is 11.5 Å². The van der Waals surface area contributed by atoms with Gasteiger partial charge in [-0.2, -0.15) is 0 Å². The van der Waals surface area contributed by atoms with Gasteiger partial charge in [-0.15, -0.1) is 0 Å². The largest absolute Gasteiger partial charge is 0.493 e. The highest BCUT2D eigenvalue weighted by Gasteiger charge is 2.14. The first-order valence-corrected chi connectivity index (χ1v) is 8.92. The topological polar surface area (TPSA) is 110 Å². The molecular weight excluding hydrogens is 362 g/mol. The van der Waals surface area contributed by atoms with E-state index in [0.717, 1.165) is 6.42 Å². The van der Waals surface area contributed by atoms with Crippen LogP contribution in [0.3, 0.4) is 0 Å². The molecule has 0 atom stereocenters. The fraction of sp³-hybridized carbons (Fsp3) is 0.350. The third kappa shape index (κ3) is 5.60. The minimum absolute atomic E-state index is 0.164. The van der Waals surface area contributed by atoms with Gasteiger partial charge in [-0.3, -0.25) is 25.2 Å². The number of ether oxygens (including phenoxy) is 2. The van der Waals surface area contributed by atoms with Gasteiger partial charge in [0.2, 0.25) is 0 Å². The molecule has 0 unspecified atom stereocenters. The Kier molecular flexibility index (Phi) is 7.20. The SMILES string of the molecule is COc1cc(C(=O)NNC(=O)c2cc(C(C)=O)c[nH]2)ccc1OCCC(C)C. The average Bonchev–Trinajstić information content (AvgIpc) is 3.16. The molecule has 28 heavy (non-hydrogen) atoms. The van der Waals surface area contributed by atoms with Crippen molar-refractivity contribution in [3.8, 4) is 11.5 Å². The second-order valence-corrected chi connectivity index (χ2v) is 6.66. The highest BCUT2D eigenvalue weighted by Crippen LogP contribution is 2.28. The Labute approximate surface area is 163 Å². The number of carbonyl (C=O) groups excluding carboxylic acids is 3. The number of nitrogens with one attached hydrogen (secondary N) is 3. The van der Waals surface area contributed by atoms with Crippen LogP contribution in [0.15, 0.2) is 30.5 Å². The third-order valence-corrected chi connectivity index (χ3v) is 4.00. The Morgan fingerprint density at radius 1 is 1.04 bits per heavy atom. The van der Waals surface area contributed by atoms with Crippen molar-refractivity contribution in [1.29, 1.82) is 0 Å². The summed E-state index contributed by atoms with van der Waals surface area (Å²) in [5, 5.41) is 0. The summed E-state index contributed by atoms with van der Waals surface area (Å²) in [6.45, 7) is 6.16. The van der Waals surface area contributed by atoms with Gasteiger partial charge in [-0.1, -0.05) is 13.8 Å². The fourth-order valence-electron chi connectivity index (χ4n) is 2.31. The Bertz CT molecular complexity index is 857. The number of Topliss-reactive ketones (excluding diaryl/α,β-unsaturated/α-hetero) is 1. The molecule has 0 fully saturated rings. The number of aromatic nitrogens is 1. The Morgan fingerprint density at radius 3 is 2.36 bits per heavy atom. The predicted molar refractivity (Wildman–Crippen MR) is 104 cm³/mol. The quantitative estimate of drug-likeness (QED) is 0.477. The summed E-state index contributed by atoms with van der Waals surface area (Å²) in [6.07, 6.45) is 2.34. The maximum atomic E-state index is 12.3. The smallest absolute Gasteiger partial charge is 0.286 e. The number of H-pyrrole nitrogens is 1. The lowest BCUT2D eigenvalue weighted by atomic mass is 10.1. The van der Waals surface area contributed by atoms with Crippen LogP contribution in [-0.4, -0.2) is 36.3 Å². The van der Waals surface area contributed by atoms with Crippen LogP contribution in [0, 0.1) is 5.92 Å². The summed E-state index contributed by atoms with van der Waals surface area (Å²) < 4.78 is 11.0. The van der Waals surface area contributed by atoms with E-state index in [9.17, 15) is 14.4 Å². The van der Waals surface area contributed by atoms with E-state index in [2.05, 4.69) is 29.7 Å². The molecule has 0 spiro atoms. The van der Waals surface area contributed by atoms with Gasteiger partial charge in [0.05, 0.1) is 13.7 Å². The number of ketones is 1. The molecule has 0 aliphatic carbocycles. The molecule has 0 aliphatic heterocycles. The molecule has 0 radical (unpaired) electrons. The zero-order valence-corrected chi connectivity index (χ0v) is 16.4. The third-order valence-electron chi connectivity index (χ3n) is 4.00. The van der Waals surface area contributed by atoms with Crippen LogP contribution in [0.25, 0.3) is 0 Å². The van der Waals surface area contributed by atoms with Crippen LogP contribution >= 0.6 is 0 Å². The first kappa shape index (κ1) is 21.0. The first-order chi connectivity index (χ1) is 13.3. The Morgan fingerprint density at radius 2 is 1.75 bits per heavy atom.